The molecule has 146 valence electrons. The van der Waals surface area contributed by atoms with Gasteiger partial charge in [0, 0.05) is 23.4 Å². The second-order valence-electron chi connectivity index (χ2n) is 7.57. The summed E-state index contributed by atoms with van der Waals surface area (Å²) < 4.78 is 37.7. The molecule has 5 nitrogen and oxygen atoms in total. The molecule has 1 aromatic heterocycles. The topological polar surface area (TPSA) is 74.3 Å². The van der Waals surface area contributed by atoms with Crippen molar-refractivity contribution in [2.45, 2.75) is 49.9 Å². The first-order valence-corrected chi connectivity index (χ1v) is 12.2. The molecule has 2 unspecified atom stereocenters. The summed E-state index contributed by atoms with van der Waals surface area (Å²) in [5.41, 5.74) is 2.48. The number of aromatic amines is 1. The number of sulfone groups is 1. The Morgan fingerprint density at radius 2 is 2.04 bits per heavy atom. The van der Waals surface area contributed by atoms with Gasteiger partial charge in [0.2, 0.25) is 0 Å². The third-order valence-corrected chi connectivity index (χ3v) is 8.30. The Kier molecular flexibility index (Phi) is 4.96. The maximum Gasteiger partial charge on any atom is 0.152 e. The molecule has 2 heterocycles. The van der Waals surface area contributed by atoms with E-state index in [0.717, 1.165) is 40.2 Å². The number of hydrogen-bond donors (Lipinski definition) is 2. The fourth-order valence-electron chi connectivity index (χ4n) is 3.79. The van der Waals surface area contributed by atoms with Crippen molar-refractivity contribution in [2.75, 3.05) is 17.3 Å². The summed E-state index contributed by atoms with van der Waals surface area (Å²) in [7, 11) is -3.13. The molecule has 2 atom stereocenters. The van der Waals surface area contributed by atoms with Crippen molar-refractivity contribution < 1.29 is 12.8 Å². The highest BCUT2D eigenvalue weighted by molar-refractivity contribution is 8.14. The van der Waals surface area contributed by atoms with Gasteiger partial charge in [-0.05, 0) is 38.0 Å². The van der Waals surface area contributed by atoms with E-state index in [1.165, 1.54) is 25.2 Å². The normalized spacial score (nSPS) is 22.3. The van der Waals surface area contributed by atoms with Gasteiger partial charge in [-0.25, -0.2) is 12.8 Å². The lowest BCUT2D eigenvalue weighted by molar-refractivity contribution is 0.577. The average Bonchev–Trinajstić information content (AvgIpc) is 3.32. The van der Waals surface area contributed by atoms with Crippen molar-refractivity contribution in [1.82, 2.24) is 4.98 Å². The molecule has 27 heavy (non-hydrogen) atoms. The number of hydrogen-bond acceptors (Lipinski definition) is 5. The molecular formula is C19H24FN3O2S2. The quantitative estimate of drug-likeness (QED) is 0.784. The smallest absolute Gasteiger partial charge is 0.152 e. The predicted octanol–water partition coefficient (Wildman–Crippen LogP) is 3.96. The van der Waals surface area contributed by atoms with Crippen molar-refractivity contribution in [1.29, 1.82) is 0 Å². The monoisotopic (exact) mass is 409 g/mol. The van der Waals surface area contributed by atoms with E-state index in [9.17, 15) is 12.8 Å². The molecule has 2 aliphatic rings. The van der Waals surface area contributed by atoms with Gasteiger partial charge in [-0.15, -0.1) is 11.8 Å². The molecule has 2 N–H and O–H groups in total. The van der Waals surface area contributed by atoms with E-state index in [-0.39, 0.29) is 11.9 Å². The maximum absolute atomic E-state index is 14.1. The Bertz CT molecular complexity index is 994. The maximum atomic E-state index is 14.1. The molecule has 0 saturated heterocycles. The predicted molar refractivity (Wildman–Crippen MR) is 111 cm³/mol. The first-order valence-electron chi connectivity index (χ1n) is 9.30. The lowest BCUT2D eigenvalue weighted by atomic mass is 10.2. The SMILES string of the molecule is CC(C1CSC(c2cc3cc(F)cc(NC4CCCC4)c3[nH]2)=N1)S(C)(=O)=O. The number of rotatable bonds is 5. The Morgan fingerprint density at radius 3 is 2.74 bits per heavy atom. The van der Waals surface area contributed by atoms with Gasteiger partial charge in [-0.3, -0.25) is 4.99 Å². The largest absolute Gasteiger partial charge is 0.381 e. The zero-order valence-corrected chi connectivity index (χ0v) is 17.1. The Labute approximate surface area is 163 Å². The highest BCUT2D eigenvalue weighted by Gasteiger charge is 2.31. The molecule has 0 radical (unpaired) electrons. The average molecular weight is 410 g/mol. The second kappa shape index (κ2) is 7.13. The van der Waals surface area contributed by atoms with Crippen LogP contribution in [-0.2, 0) is 9.84 Å². The molecule has 0 spiro atoms. The van der Waals surface area contributed by atoms with Crippen molar-refractivity contribution in [3.63, 3.8) is 0 Å². The number of benzene rings is 1. The molecular weight excluding hydrogens is 385 g/mol. The first-order chi connectivity index (χ1) is 12.8. The van der Waals surface area contributed by atoms with Crippen molar-refractivity contribution in [3.05, 3.63) is 29.7 Å². The molecule has 1 aliphatic heterocycles. The van der Waals surface area contributed by atoms with Crippen LogP contribution >= 0.6 is 11.8 Å². The summed E-state index contributed by atoms with van der Waals surface area (Å²) >= 11 is 1.55. The van der Waals surface area contributed by atoms with Crippen LogP contribution in [0.15, 0.2) is 23.2 Å². The highest BCUT2D eigenvalue weighted by atomic mass is 32.2. The number of H-pyrrole nitrogens is 1. The highest BCUT2D eigenvalue weighted by Crippen LogP contribution is 2.32. The van der Waals surface area contributed by atoms with Crippen LogP contribution in [0.5, 0.6) is 0 Å². The van der Waals surface area contributed by atoms with Crippen LogP contribution in [0, 0.1) is 5.82 Å². The molecule has 2 aromatic rings. The number of aromatic nitrogens is 1. The molecule has 8 heteroatoms. The Hall–Kier alpha value is -1.54. The lowest BCUT2D eigenvalue weighted by Crippen LogP contribution is -2.29. The third-order valence-electron chi connectivity index (χ3n) is 5.53. The van der Waals surface area contributed by atoms with Crippen molar-refractivity contribution in [3.8, 4) is 0 Å². The van der Waals surface area contributed by atoms with Crippen molar-refractivity contribution in [2.24, 2.45) is 4.99 Å². The molecule has 1 aromatic carbocycles. The van der Waals surface area contributed by atoms with Crippen LogP contribution in [0.2, 0.25) is 0 Å². The van der Waals surface area contributed by atoms with Gasteiger partial charge in [0.15, 0.2) is 9.84 Å². The van der Waals surface area contributed by atoms with Crippen LogP contribution < -0.4 is 5.32 Å². The van der Waals surface area contributed by atoms with E-state index in [2.05, 4.69) is 15.3 Å². The Balaban J connectivity index is 1.65. The molecule has 0 amide bonds. The third kappa shape index (κ3) is 3.87. The number of thioether (sulfide) groups is 1. The second-order valence-corrected chi connectivity index (χ2v) is 11.0. The van der Waals surface area contributed by atoms with Gasteiger partial charge in [-0.1, -0.05) is 12.8 Å². The van der Waals surface area contributed by atoms with E-state index < -0.39 is 15.1 Å². The van der Waals surface area contributed by atoms with E-state index >= 15 is 0 Å². The minimum atomic E-state index is -3.13. The first kappa shape index (κ1) is 18.8. The van der Waals surface area contributed by atoms with Gasteiger partial charge in [-0.2, -0.15) is 0 Å². The summed E-state index contributed by atoms with van der Waals surface area (Å²) in [4.78, 5) is 8.01. The lowest BCUT2D eigenvalue weighted by Gasteiger charge is -2.14. The van der Waals surface area contributed by atoms with E-state index in [4.69, 9.17) is 0 Å². The van der Waals surface area contributed by atoms with Crippen molar-refractivity contribution >= 4 is 43.2 Å². The van der Waals surface area contributed by atoms with E-state index in [0.29, 0.717) is 11.8 Å². The van der Waals surface area contributed by atoms with Crippen LogP contribution in [0.3, 0.4) is 0 Å². The van der Waals surface area contributed by atoms with Crippen LogP contribution in [0.25, 0.3) is 10.9 Å². The van der Waals surface area contributed by atoms with Crippen LogP contribution in [0.1, 0.15) is 38.3 Å². The Morgan fingerprint density at radius 1 is 1.30 bits per heavy atom. The number of nitrogens with one attached hydrogen (secondary N) is 2. The molecule has 1 fully saturated rings. The van der Waals surface area contributed by atoms with Crippen LogP contribution in [-0.4, -0.2) is 47.8 Å². The molecule has 1 saturated carbocycles. The van der Waals surface area contributed by atoms with Gasteiger partial charge in [0.05, 0.1) is 28.2 Å². The summed E-state index contributed by atoms with van der Waals surface area (Å²) in [6.07, 6.45) is 5.89. The summed E-state index contributed by atoms with van der Waals surface area (Å²) in [6.45, 7) is 1.71. The number of anilines is 1. The van der Waals surface area contributed by atoms with Crippen LogP contribution in [0.4, 0.5) is 10.1 Å². The molecule has 4 rings (SSSR count). The standard InChI is InChI=1S/C19H24FN3O2S2/c1-11(27(2,24)25)17-10-26-19(23-17)16-8-12-7-13(20)9-15(18(12)22-16)21-14-5-3-4-6-14/h7-9,11,14,17,21-22H,3-6,10H2,1-2H3. The summed E-state index contributed by atoms with van der Waals surface area (Å²) in [5, 5.41) is 4.56. The zero-order chi connectivity index (χ0) is 19.2. The van der Waals surface area contributed by atoms with E-state index in [1.54, 1.807) is 24.8 Å². The minimum absolute atomic E-state index is 0.251. The summed E-state index contributed by atoms with van der Waals surface area (Å²) in [5.74, 6) is 0.374. The fraction of sp³-hybridized carbons (Fsp3) is 0.526. The molecule has 1 aliphatic carbocycles. The molecule has 0 bridgehead atoms. The van der Waals surface area contributed by atoms with Gasteiger partial charge >= 0.3 is 0 Å². The zero-order valence-electron chi connectivity index (χ0n) is 15.5. The van der Waals surface area contributed by atoms with E-state index in [1.807, 2.05) is 6.07 Å². The number of fused-ring (bicyclic) bond motifs is 1. The fourth-order valence-corrected chi connectivity index (χ4v) is 5.81. The minimum Gasteiger partial charge on any atom is -0.381 e. The van der Waals surface area contributed by atoms with Gasteiger partial charge in [0.1, 0.15) is 10.9 Å². The van der Waals surface area contributed by atoms with Gasteiger partial charge in [0.25, 0.3) is 0 Å². The number of aliphatic imine (C=N–C) groups is 1. The summed E-state index contributed by atoms with van der Waals surface area (Å²) in [6, 6.07) is 5.10. The van der Waals surface area contributed by atoms with Gasteiger partial charge < -0.3 is 10.3 Å². The number of halogens is 1. The number of nitrogens with zero attached hydrogens (tertiary/aromatic N) is 1.